The van der Waals surface area contributed by atoms with Crippen molar-refractivity contribution in [2.75, 3.05) is 20.1 Å². The van der Waals surface area contributed by atoms with Gasteiger partial charge in [0.25, 0.3) is 0 Å². The zero-order chi connectivity index (χ0) is 17.3. The van der Waals surface area contributed by atoms with Crippen molar-refractivity contribution in [3.63, 3.8) is 0 Å². The Kier molecular flexibility index (Phi) is 6.79. The van der Waals surface area contributed by atoms with Crippen LogP contribution in [-0.4, -0.2) is 31.1 Å². The lowest BCUT2D eigenvalue weighted by atomic mass is 9.86. The van der Waals surface area contributed by atoms with Crippen molar-refractivity contribution in [3.8, 4) is 0 Å². The zero-order valence-electron chi connectivity index (χ0n) is 14.9. The van der Waals surface area contributed by atoms with E-state index in [4.69, 9.17) is 0 Å². The molecule has 0 saturated heterocycles. The van der Waals surface area contributed by atoms with Crippen LogP contribution in [0.5, 0.6) is 0 Å². The third kappa shape index (κ3) is 6.41. The summed E-state index contributed by atoms with van der Waals surface area (Å²) < 4.78 is 0. The predicted octanol–water partition coefficient (Wildman–Crippen LogP) is 3.06. The van der Waals surface area contributed by atoms with Crippen LogP contribution in [0, 0.1) is 5.41 Å². The normalized spacial score (nSPS) is 12.0. The maximum Gasteiger partial charge on any atom is 0.191 e. The van der Waals surface area contributed by atoms with Crippen LogP contribution in [0.1, 0.15) is 25.1 Å². The minimum Gasteiger partial charge on any atom is -0.356 e. The number of benzene rings is 1. The summed E-state index contributed by atoms with van der Waals surface area (Å²) in [5.74, 6) is 0.840. The Hall–Kier alpha value is -2.36. The molecule has 0 saturated carbocycles. The molecule has 4 heteroatoms. The maximum atomic E-state index is 4.33. The topological polar surface area (TPSA) is 49.3 Å². The van der Waals surface area contributed by atoms with Crippen LogP contribution in [0.15, 0.2) is 59.7 Å². The highest BCUT2D eigenvalue weighted by Crippen LogP contribution is 2.20. The second kappa shape index (κ2) is 9.06. The fourth-order valence-electron chi connectivity index (χ4n) is 2.61. The molecule has 1 aromatic carbocycles. The molecule has 128 valence electrons. The molecule has 0 atom stereocenters. The molecule has 2 N–H and O–H groups in total. The largest absolute Gasteiger partial charge is 0.356 e. The number of rotatable bonds is 7. The molecule has 1 heterocycles. The first-order valence-corrected chi connectivity index (χ1v) is 8.47. The van der Waals surface area contributed by atoms with Gasteiger partial charge >= 0.3 is 0 Å². The Morgan fingerprint density at radius 2 is 1.79 bits per heavy atom. The molecule has 2 rings (SSSR count). The Morgan fingerprint density at radius 3 is 2.46 bits per heavy atom. The van der Waals surface area contributed by atoms with Crippen LogP contribution in [0.3, 0.4) is 0 Å². The van der Waals surface area contributed by atoms with Crippen molar-refractivity contribution in [3.05, 3.63) is 66.0 Å². The van der Waals surface area contributed by atoms with Crippen LogP contribution >= 0.6 is 0 Å². The lowest BCUT2D eigenvalue weighted by Gasteiger charge is -2.26. The molecule has 0 radical (unpaired) electrons. The van der Waals surface area contributed by atoms with E-state index in [1.165, 1.54) is 5.56 Å². The van der Waals surface area contributed by atoms with Crippen LogP contribution in [0.2, 0.25) is 0 Å². The van der Waals surface area contributed by atoms with Gasteiger partial charge in [-0.25, -0.2) is 0 Å². The molecule has 4 nitrogen and oxygen atoms in total. The highest BCUT2D eigenvalue weighted by atomic mass is 15.2. The molecule has 0 unspecified atom stereocenters. The Balaban J connectivity index is 1.76. The molecule has 2 aromatic rings. The standard InChI is InChI=1S/C20H28N4/c1-20(2,15-17-9-5-4-6-10-17)16-24-19(21-3)23-14-12-18-11-7-8-13-22-18/h4-11,13H,12,14-16H2,1-3H3,(H2,21,23,24). The summed E-state index contributed by atoms with van der Waals surface area (Å²) in [7, 11) is 1.81. The molecule has 0 aliphatic rings. The maximum absolute atomic E-state index is 4.33. The average molecular weight is 324 g/mol. The van der Waals surface area contributed by atoms with Gasteiger partial charge in [0.15, 0.2) is 5.96 Å². The van der Waals surface area contributed by atoms with Crippen LogP contribution in [-0.2, 0) is 12.8 Å². The summed E-state index contributed by atoms with van der Waals surface area (Å²) in [5, 5.41) is 6.79. The van der Waals surface area contributed by atoms with Gasteiger partial charge in [0.05, 0.1) is 0 Å². The second-order valence-electron chi connectivity index (χ2n) is 6.75. The molecule has 0 bridgehead atoms. The van der Waals surface area contributed by atoms with Crippen molar-refractivity contribution < 1.29 is 0 Å². The number of hydrogen-bond donors (Lipinski definition) is 2. The summed E-state index contributed by atoms with van der Waals surface area (Å²) in [6.45, 7) is 6.23. The quantitative estimate of drug-likeness (QED) is 0.608. The number of nitrogens with one attached hydrogen (secondary N) is 2. The molecular weight excluding hydrogens is 296 g/mol. The van der Waals surface area contributed by atoms with Gasteiger partial charge < -0.3 is 10.6 Å². The Bertz CT molecular complexity index is 621. The lowest BCUT2D eigenvalue weighted by molar-refractivity contribution is 0.359. The van der Waals surface area contributed by atoms with E-state index < -0.39 is 0 Å². The highest BCUT2D eigenvalue weighted by molar-refractivity contribution is 5.79. The first-order chi connectivity index (χ1) is 11.6. The smallest absolute Gasteiger partial charge is 0.191 e. The fraction of sp³-hybridized carbons (Fsp3) is 0.400. The first kappa shape index (κ1) is 18.0. The number of guanidine groups is 1. The fourth-order valence-corrected chi connectivity index (χ4v) is 2.61. The zero-order valence-corrected chi connectivity index (χ0v) is 14.9. The van der Waals surface area contributed by atoms with E-state index in [1.807, 2.05) is 24.4 Å². The van der Waals surface area contributed by atoms with Crippen molar-refractivity contribution >= 4 is 5.96 Å². The summed E-state index contributed by atoms with van der Waals surface area (Å²) >= 11 is 0. The van der Waals surface area contributed by atoms with E-state index in [-0.39, 0.29) is 5.41 Å². The number of aliphatic imine (C=N–C) groups is 1. The molecule has 0 aliphatic heterocycles. The third-order valence-corrected chi connectivity index (χ3v) is 3.88. The number of pyridine rings is 1. The van der Waals surface area contributed by atoms with Gasteiger partial charge in [0, 0.05) is 38.4 Å². The van der Waals surface area contributed by atoms with Gasteiger partial charge in [-0.3, -0.25) is 9.98 Å². The van der Waals surface area contributed by atoms with Crippen molar-refractivity contribution in [1.29, 1.82) is 0 Å². The van der Waals surface area contributed by atoms with E-state index in [0.29, 0.717) is 0 Å². The second-order valence-corrected chi connectivity index (χ2v) is 6.75. The SMILES string of the molecule is CN=C(NCCc1ccccn1)NCC(C)(C)Cc1ccccc1. The monoisotopic (exact) mass is 324 g/mol. The number of hydrogen-bond acceptors (Lipinski definition) is 2. The average Bonchev–Trinajstić information content (AvgIpc) is 2.59. The Labute approximate surface area is 145 Å². The number of aromatic nitrogens is 1. The minimum absolute atomic E-state index is 0.153. The van der Waals surface area contributed by atoms with Crippen LogP contribution < -0.4 is 10.6 Å². The molecule has 24 heavy (non-hydrogen) atoms. The lowest BCUT2D eigenvalue weighted by Crippen LogP contribution is -2.43. The molecule has 1 aromatic heterocycles. The Morgan fingerprint density at radius 1 is 1.04 bits per heavy atom. The minimum atomic E-state index is 0.153. The van der Waals surface area contributed by atoms with Gasteiger partial charge in [-0.1, -0.05) is 50.2 Å². The van der Waals surface area contributed by atoms with E-state index in [2.05, 4.69) is 64.8 Å². The first-order valence-electron chi connectivity index (χ1n) is 8.47. The number of nitrogens with zero attached hydrogens (tertiary/aromatic N) is 2. The summed E-state index contributed by atoms with van der Waals surface area (Å²) in [5.41, 5.74) is 2.60. The summed E-state index contributed by atoms with van der Waals surface area (Å²) in [6.07, 6.45) is 3.75. The predicted molar refractivity (Wildman–Crippen MR) is 101 cm³/mol. The molecule has 0 spiro atoms. The molecule has 0 amide bonds. The van der Waals surface area contributed by atoms with Crippen molar-refractivity contribution in [2.45, 2.75) is 26.7 Å². The third-order valence-electron chi connectivity index (χ3n) is 3.88. The van der Waals surface area contributed by atoms with Gasteiger partial charge in [0.1, 0.15) is 0 Å². The molecule has 0 fully saturated rings. The highest BCUT2D eigenvalue weighted by Gasteiger charge is 2.18. The van der Waals surface area contributed by atoms with E-state index in [9.17, 15) is 0 Å². The van der Waals surface area contributed by atoms with Crippen LogP contribution in [0.25, 0.3) is 0 Å². The van der Waals surface area contributed by atoms with Gasteiger partial charge in [0.2, 0.25) is 0 Å². The summed E-state index contributed by atoms with van der Waals surface area (Å²) in [4.78, 5) is 8.64. The van der Waals surface area contributed by atoms with Crippen LogP contribution in [0.4, 0.5) is 0 Å². The van der Waals surface area contributed by atoms with E-state index in [0.717, 1.165) is 37.6 Å². The van der Waals surface area contributed by atoms with Gasteiger partial charge in [-0.2, -0.15) is 0 Å². The van der Waals surface area contributed by atoms with Crippen molar-refractivity contribution in [1.82, 2.24) is 15.6 Å². The molecular formula is C20H28N4. The van der Waals surface area contributed by atoms with Crippen molar-refractivity contribution in [2.24, 2.45) is 10.4 Å². The summed E-state index contributed by atoms with van der Waals surface area (Å²) in [6, 6.07) is 16.6. The van der Waals surface area contributed by atoms with Gasteiger partial charge in [-0.05, 0) is 29.5 Å². The van der Waals surface area contributed by atoms with Gasteiger partial charge in [-0.15, -0.1) is 0 Å². The van der Waals surface area contributed by atoms with E-state index in [1.54, 1.807) is 7.05 Å². The van der Waals surface area contributed by atoms with E-state index >= 15 is 0 Å². The molecule has 0 aliphatic carbocycles.